The average molecular weight is 261 g/mol. The van der Waals surface area contributed by atoms with E-state index in [1.807, 2.05) is 24.1 Å². The minimum Gasteiger partial charge on any atom is -0.388 e. The number of hydrogen-bond donors (Lipinski definition) is 1. The fourth-order valence-electron chi connectivity index (χ4n) is 2.08. The van der Waals surface area contributed by atoms with Crippen LogP contribution in [0.5, 0.6) is 0 Å². The van der Waals surface area contributed by atoms with Crippen molar-refractivity contribution >= 4 is 11.6 Å². The summed E-state index contributed by atoms with van der Waals surface area (Å²) in [6.07, 6.45) is 5.01. The van der Waals surface area contributed by atoms with Gasteiger partial charge in [0.1, 0.15) is 5.69 Å². The number of aromatic nitrogens is 1. The molecule has 4 heteroatoms. The zero-order valence-electron chi connectivity index (χ0n) is 12.0. The molecule has 1 amide bonds. The Labute approximate surface area is 115 Å². The van der Waals surface area contributed by atoms with Crippen molar-refractivity contribution in [2.45, 2.75) is 39.2 Å². The number of carbonyl (C=O) groups is 1. The molecule has 1 aromatic rings. The smallest absolute Gasteiger partial charge is 0.272 e. The summed E-state index contributed by atoms with van der Waals surface area (Å²) in [6.45, 7) is 5.22. The summed E-state index contributed by atoms with van der Waals surface area (Å²) in [5.74, 6) is 0.686. The predicted molar refractivity (Wildman–Crippen MR) is 77.3 cm³/mol. The molecule has 0 spiro atoms. The Bertz CT molecular complexity index is 441. The molecule has 1 N–H and O–H groups in total. The van der Waals surface area contributed by atoms with Crippen LogP contribution in [0.3, 0.4) is 0 Å². The first-order chi connectivity index (χ1) is 9.11. The molecule has 0 saturated heterocycles. The van der Waals surface area contributed by atoms with Crippen molar-refractivity contribution in [2.75, 3.05) is 18.9 Å². The molecule has 1 aliphatic rings. The van der Waals surface area contributed by atoms with Gasteiger partial charge in [0.2, 0.25) is 0 Å². The van der Waals surface area contributed by atoms with Crippen LogP contribution in [0.25, 0.3) is 0 Å². The van der Waals surface area contributed by atoms with E-state index in [1.165, 1.54) is 0 Å². The number of anilines is 1. The van der Waals surface area contributed by atoms with E-state index in [1.54, 1.807) is 6.20 Å². The molecule has 1 aliphatic carbocycles. The highest BCUT2D eigenvalue weighted by molar-refractivity contribution is 5.93. The molecule has 0 aromatic carbocycles. The second kappa shape index (κ2) is 6.04. The van der Waals surface area contributed by atoms with Crippen LogP contribution in [-0.4, -0.2) is 35.4 Å². The van der Waals surface area contributed by atoms with Crippen LogP contribution in [0.1, 0.15) is 43.6 Å². The monoisotopic (exact) mass is 261 g/mol. The maximum atomic E-state index is 12.5. The highest BCUT2D eigenvalue weighted by Gasteiger charge is 2.33. The van der Waals surface area contributed by atoms with E-state index in [-0.39, 0.29) is 5.91 Å². The molecule has 1 aromatic heterocycles. The zero-order chi connectivity index (χ0) is 13.8. The topological polar surface area (TPSA) is 45.2 Å². The largest absolute Gasteiger partial charge is 0.388 e. The van der Waals surface area contributed by atoms with E-state index in [4.69, 9.17) is 0 Å². The minimum atomic E-state index is 0.0697. The summed E-state index contributed by atoms with van der Waals surface area (Å²) in [5.41, 5.74) is 1.47. The van der Waals surface area contributed by atoms with Crippen LogP contribution in [0, 0.1) is 5.92 Å². The first-order valence-corrected chi connectivity index (χ1v) is 7.06. The molecule has 4 nitrogen and oxygen atoms in total. The molecule has 0 bridgehead atoms. The maximum absolute atomic E-state index is 12.5. The van der Waals surface area contributed by atoms with Crippen LogP contribution in [0.2, 0.25) is 0 Å². The molecule has 0 aliphatic heterocycles. The Hall–Kier alpha value is -1.58. The van der Waals surface area contributed by atoms with E-state index in [9.17, 15) is 4.79 Å². The molecule has 0 unspecified atom stereocenters. The fraction of sp³-hybridized carbons (Fsp3) is 0.600. The second-order valence-electron chi connectivity index (χ2n) is 5.59. The Kier molecular flexibility index (Phi) is 4.40. The lowest BCUT2D eigenvalue weighted by atomic mass is 10.1. The number of amides is 1. The van der Waals surface area contributed by atoms with Crippen LogP contribution < -0.4 is 5.32 Å². The van der Waals surface area contributed by atoms with Gasteiger partial charge in [-0.05, 0) is 37.3 Å². The van der Waals surface area contributed by atoms with Crippen molar-refractivity contribution in [3.63, 3.8) is 0 Å². The number of rotatable bonds is 6. The third-order valence-electron chi connectivity index (χ3n) is 3.46. The molecule has 1 fully saturated rings. The molecular weight excluding hydrogens is 238 g/mol. The van der Waals surface area contributed by atoms with Gasteiger partial charge in [-0.15, -0.1) is 0 Å². The quantitative estimate of drug-likeness (QED) is 0.856. The molecule has 104 valence electrons. The third kappa shape index (κ3) is 3.69. The van der Waals surface area contributed by atoms with Gasteiger partial charge in [0, 0.05) is 31.5 Å². The van der Waals surface area contributed by atoms with Gasteiger partial charge < -0.3 is 10.2 Å². The summed E-state index contributed by atoms with van der Waals surface area (Å²) >= 11 is 0. The predicted octanol–water partition coefficient (Wildman–Crippen LogP) is 2.77. The number of pyridine rings is 1. The molecular formula is C15H23N3O. The first-order valence-electron chi connectivity index (χ1n) is 7.06. The highest BCUT2D eigenvalue weighted by atomic mass is 16.2. The van der Waals surface area contributed by atoms with Crippen LogP contribution in [0.15, 0.2) is 18.3 Å². The number of nitrogens with one attached hydrogen (secondary N) is 1. The third-order valence-corrected chi connectivity index (χ3v) is 3.46. The van der Waals surface area contributed by atoms with Crippen molar-refractivity contribution in [3.05, 3.63) is 24.0 Å². The van der Waals surface area contributed by atoms with Crippen molar-refractivity contribution in [1.29, 1.82) is 0 Å². The van der Waals surface area contributed by atoms with E-state index in [2.05, 4.69) is 24.1 Å². The normalized spacial score (nSPS) is 14.5. The van der Waals surface area contributed by atoms with Crippen LogP contribution in [-0.2, 0) is 0 Å². The van der Waals surface area contributed by atoms with Crippen molar-refractivity contribution in [3.8, 4) is 0 Å². The standard InChI is InChI=1S/C15H23N3O/c1-11(2)7-9-18(13-4-5-13)15(19)14-10-12(16-3)6-8-17-14/h6,8,10-11,13H,4-5,7,9H2,1-3H3,(H,16,17). The van der Waals surface area contributed by atoms with Gasteiger partial charge in [0.05, 0.1) is 0 Å². The second-order valence-corrected chi connectivity index (χ2v) is 5.59. The van der Waals surface area contributed by atoms with Crippen molar-refractivity contribution < 1.29 is 4.79 Å². The van der Waals surface area contributed by atoms with Gasteiger partial charge in [0.15, 0.2) is 0 Å². The first kappa shape index (κ1) is 13.8. The van der Waals surface area contributed by atoms with Crippen LogP contribution >= 0.6 is 0 Å². The van der Waals surface area contributed by atoms with Gasteiger partial charge in [-0.2, -0.15) is 0 Å². The van der Waals surface area contributed by atoms with E-state index >= 15 is 0 Å². The highest BCUT2D eigenvalue weighted by Crippen LogP contribution is 2.28. The lowest BCUT2D eigenvalue weighted by Crippen LogP contribution is -2.35. The molecule has 0 radical (unpaired) electrons. The van der Waals surface area contributed by atoms with Crippen LogP contribution in [0.4, 0.5) is 5.69 Å². The molecule has 0 atom stereocenters. The molecule has 1 saturated carbocycles. The van der Waals surface area contributed by atoms with Gasteiger partial charge in [-0.3, -0.25) is 9.78 Å². The summed E-state index contributed by atoms with van der Waals surface area (Å²) in [7, 11) is 1.85. The minimum absolute atomic E-state index is 0.0697. The lowest BCUT2D eigenvalue weighted by Gasteiger charge is -2.23. The zero-order valence-corrected chi connectivity index (χ0v) is 12.0. The van der Waals surface area contributed by atoms with E-state index in [0.29, 0.717) is 17.7 Å². The molecule has 2 rings (SSSR count). The van der Waals surface area contributed by atoms with Crippen molar-refractivity contribution in [1.82, 2.24) is 9.88 Å². The molecule has 19 heavy (non-hydrogen) atoms. The fourth-order valence-corrected chi connectivity index (χ4v) is 2.08. The molecule has 1 heterocycles. The summed E-state index contributed by atoms with van der Waals surface area (Å²) in [5, 5.41) is 3.05. The van der Waals surface area contributed by atoms with E-state index in [0.717, 1.165) is 31.5 Å². The Morgan fingerprint density at radius 1 is 1.53 bits per heavy atom. The van der Waals surface area contributed by atoms with E-state index < -0.39 is 0 Å². The summed E-state index contributed by atoms with van der Waals surface area (Å²) in [4.78, 5) is 18.8. The Balaban J connectivity index is 2.09. The Morgan fingerprint density at radius 2 is 2.26 bits per heavy atom. The van der Waals surface area contributed by atoms with Gasteiger partial charge >= 0.3 is 0 Å². The lowest BCUT2D eigenvalue weighted by molar-refractivity contribution is 0.0729. The number of carbonyl (C=O) groups excluding carboxylic acids is 1. The summed E-state index contributed by atoms with van der Waals surface area (Å²) in [6, 6.07) is 4.13. The van der Waals surface area contributed by atoms with Gasteiger partial charge in [-0.1, -0.05) is 13.8 Å². The summed E-state index contributed by atoms with van der Waals surface area (Å²) < 4.78 is 0. The average Bonchev–Trinajstić information content (AvgIpc) is 3.23. The SMILES string of the molecule is CNc1ccnc(C(=O)N(CCC(C)C)C2CC2)c1. The maximum Gasteiger partial charge on any atom is 0.272 e. The van der Waals surface area contributed by atoms with Gasteiger partial charge in [0.25, 0.3) is 5.91 Å². The van der Waals surface area contributed by atoms with Crippen molar-refractivity contribution in [2.24, 2.45) is 5.92 Å². The number of hydrogen-bond acceptors (Lipinski definition) is 3. The Morgan fingerprint density at radius 3 is 2.84 bits per heavy atom. The number of nitrogens with zero attached hydrogens (tertiary/aromatic N) is 2. The van der Waals surface area contributed by atoms with Gasteiger partial charge in [-0.25, -0.2) is 0 Å².